The number of nitrogens with zero attached hydrogens (tertiary/aromatic N) is 2. The van der Waals surface area contributed by atoms with Crippen molar-refractivity contribution in [3.8, 4) is 0 Å². The molecule has 1 aliphatic heterocycles. The molecule has 0 bridgehead atoms. The fourth-order valence-corrected chi connectivity index (χ4v) is 3.10. The van der Waals surface area contributed by atoms with Gasteiger partial charge in [-0.15, -0.1) is 0 Å². The van der Waals surface area contributed by atoms with E-state index in [0.29, 0.717) is 17.4 Å². The number of aromatic carboxylic acids is 1. The molecule has 0 amide bonds. The fourth-order valence-electron chi connectivity index (χ4n) is 3.10. The zero-order chi connectivity index (χ0) is 17.3. The van der Waals surface area contributed by atoms with Crippen LogP contribution in [0.4, 0.5) is 11.5 Å². The maximum absolute atomic E-state index is 11.9. The summed E-state index contributed by atoms with van der Waals surface area (Å²) in [5.74, 6) is -0.505. The molecule has 0 saturated carbocycles. The lowest BCUT2D eigenvalue weighted by Gasteiger charge is -2.32. The van der Waals surface area contributed by atoms with E-state index in [9.17, 15) is 9.90 Å². The van der Waals surface area contributed by atoms with Crippen LogP contribution in [0.1, 0.15) is 40.9 Å². The Kier molecular flexibility index (Phi) is 4.53. The normalized spacial score (nSPS) is 14.5. The highest BCUT2D eigenvalue weighted by Gasteiger charge is 2.26. The number of anilines is 2. The SMILES string of the molecule is Cc1ccc(Nc2ncc3c(c2C(=O)O)CCN(C(C)C)C3)cc1. The molecule has 0 saturated heterocycles. The smallest absolute Gasteiger partial charge is 0.339 e. The summed E-state index contributed by atoms with van der Waals surface area (Å²) in [6.07, 6.45) is 2.55. The number of carboxylic acids is 1. The first kappa shape index (κ1) is 16.5. The monoisotopic (exact) mass is 325 g/mol. The maximum Gasteiger partial charge on any atom is 0.339 e. The molecule has 0 unspecified atom stereocenters. The van der Waals surface area contributed by atoms with Crippen LogP contribution in [0.15, 0.2) is 30.5 Å². The number of fused-ring (bicyclic) bond motifs is 1. The molecule has 0 aliphatic carbocycles. The molecule has 2 N–H and O–H groups in total. The zero-order valence-electron chi connectivity index (χ0n) is 14.3. The van der Waals surface area contributed by atoms with Crippen LogP contribution < -0.4 is 5.32 Å². The average Bonchev–Trinajstić information content (AvgIpc) is 2.55. The second-order valence-electron chi connectivity index (χ2n) is 6.60. The maximum atomic E-state index is 11.9. The molecule has 1 aromatic heterocycles. The molecule has 0 atom stereocenters. The number of nitrogens with one attached hydrogen (secondary N) is 1. The first-order chi connectivity index (χ1) is 11.5. The minimum atomic E-state index is -0.924. The highest BCUT2D eigenvalue weighted by atomic mass is 16.4. The van der Waals surface area contributed by atoms with E-state index in [2.05, 4.69) is 29.0 Å². The third kappa shape index (κ3) is 3.26. The van der Waals surface area contributed by atoms with Gasteiger partial charge in [0.05, 0.1) is 0 Å². The van der Waals surface area contributed by atoms with Gasteiger partial charge in [0.15, 0.2) is 0 Å². The summed E-state index contributed by atoms with van der Waals surface area (Å²) < 4.78 is 0. The van der Waals surface area contributed by atoms with Crippen LogP contribution in [-0.4, -0.2) is 33.5 Å². The largest absolute Gasteiger partial charge is 0.478 e. The van der Waals surface area contributed by atoms with Crippen LogP contribution in [0.25, 0.3) is 0 Å². The summed E-state index contributed by atoms with van der Waals surface area (Å²) in [6.45, 7) is 7.96. The van der Waals surface area contributed by atoms with Crippen LogP contribution in [0.5, 0.6) is 0 Å². The van der Waals surface area contributed by atoms with Gasteiger partial charge >= 0.3 is 5.97 Å². The van der Waals surface area contributed by atoms with Gasteiger partial charge in [-0.05, 0) is 50.5 Å². The predicted octanol–water partition coefficient (Wildman–Crippen LogP) is 3.60. The highest BCUT2D eigenvalue weighted by Crippen LogP contribution is 2.29. The van der Waals surface area contributed by atoms with Gasteiger partial charge in [0.2, 0.25) is 0 Å². The van der Waals surface area contributed by atoms with Crippen molar-refractivity contribution < 1.29 is 9.90 Å². The number of hydrogen-bond donors (Lipinski definition) is 2. The first-order valence-electron chi connectivity index (χ1n) is 8.27. The van der Waals surface area contributed by atoms with Crippen molar-refractivity contribution in [1.29, 1.82) is 0 Å². The van der Waals surface area contributed by atoms with Crippen molar-refractivity contribution in [2.45, 2.75) is 39.8 Å². The Hall–Kier alpha value is -2.40. The Morgan fingerprint density at radius 2 is 2.00 bits per heavy atom. The Labute approximate surface area is 142 Å². The molecule has 1 aliphatic rings. The molecule has 0 fully saturated rings. The van der Waals surface area contributed by atoms with E-state index >= 15 is 0 Å². The summed E-state index contributed by atoms with van der Waals surface area (Å²) in [6, 6.07) is 8.28. The summed E-state index contributed by atoms with van der Waals surface area (Å²) in [5.41, 5.74) is 4.23. The highest BCUT2D eigenvalue weighted by molar-refractivity contribution is 5.96. The van der Waals surface area contributed by atoms with Crippen LogP contribution in [0, 0.1) is 6.92 Å². The van der Waals surface area contributed by atoms with Gasteiger partial charge in [-0.2, -0.15) is 0 Å². The Morgan fingerprint density at radius 1 is 1.29 bits per heavy atom. The van der Waals surface area contributed by atoms with Crippen molar-refractivity contribution in [1.82, 2.24) is 9.88 Å². The van der Waals surface area contributed by atoms with Crippen LogP contribution in [-0.2, 0) is 13.0 Å². The van der Waals surface area contributed by atoms with Gasteiger partial charge in [0, 0.05) is 31.0 Å². The number of carbonyl (C=O) groups is 1. The Morgan fingerprint density at radius 3 is 2.62 bits per heavy atom. The van der Waals surface area contributed by atoms with Crippen LogP contribution in [0.2, 0.25) is 0 Å². The van der Waals surface area contributed by atoms with E-state index in [0.717, 1.165) is 41.9 Å². The quantitative estimate of drug-likeness (QED) is 0.899. The molecular weight excluding hydrogens is 302 g/mol. The van der Waals surface area contributed by atoms with Crippen molar-refractivity contribution in [2.75, 3.05) is 11.9 Å². The number of pyridine rings is 1. The first-order valence-corrected chi connectivity index (χ1v) is 8.27. The van der Waals surface area contributed by atoms with Crippen molar-refractivity contribution in [3.05, 3.63) is 52.7 Å². The summed E-state index contributed by atoms with van der Waals surface area (Å²) in [5, 5.41) is 12.9. The molecule has 2 aromatic rings. The van der Waals surface area contributed by atoms with Crippen molar-refractivity contribution in [3.63, 3.8) is 0 Å². The van der Waals surface area contributed by atoms with Gasteiger partial charge in [-0.25, -0.2) is 9.78 Å². The zero-order valence-corrected chi connectivity index (χ0v) is 14.3. The standard InChI is InChI=1S/C19H23N3O2/c1-12(2)22-9-8-16-14(11-22)10-20-18(17(16)19(23)24)21-15-6-4-13(3)5-7-15/h4-7,10,12H,8-9,11H2,1-3H3,(H,20,21)(H,23,24). The van der Waals surface area contributed by atoms with Gasteiger partial charge in [-0.3, -0.25) is 4.90 Å². The molecule has 126 valence electrons. The molecule has 24 heavy (non-hydrogen) atoms. The summed E-state index contributed by atoms with van der Waals surface area (Å²) in [7, 11) is 0. The van der Waals surface area contributed by atoms with Gasteiger partial charge in [0.25, 0.3) is 0 Å². The number of rotatable bonds is 4. The summed E-state index contributed by atoms with van der Waals surface area (Å²) >= 11 is 0. The minimum Gasteiger partial charge on any atom is -0.478 e. The molecule has 1 aromatic carbocycles. The minimum absolute atomic E-state index is 0.302. The van der Waals surface area contributed by atoms with E-state index in [1.807, 2.05) is 37.4 Å². The number of hydrogen-bond acceptors (Lipinski definition) is 4. The van der Waals surface area contributed by atoms with E-state index in [1.165, 1.54) is 0 Å². The Bertz CT molecular complexity index is 754. The molecule has 3 rings (SSSR count). The van der Waals surface area contributed by atoms with Gasteiger partial charge in [-0.1, -0.05) is 17.7 Å². The number of aryl methyl sites for hydroxylation is 1. The predicted molar refractivity (Wildman–Crippen MR) is 94.9 cm³/mol. The summed E-state index contributed by atoms with van der Waals surface area (Å²) in [4.78, 5) is 18.6. The van der Waals surface area contributed by atoms with E-state index in [4.69, 9.17) is 0 Å². The molecule has 2 heterocycles. The lowest BCUT2D eigenvalue weighted by molar-refractivity contribution is 0.0695. The second-order valence-corrected chi connectivity index (χ2v) is 6.60. The average molecular weight is 325 g/mol. The molecule has 5 heteroatoms. The molecule has 0 radical (unpaired) electrons. The number of benzene rings is 1. The topological polar surface area (TPSA) is 65.5 Å². The van der Waals surface area contributed by atoms with Crippen LogP contribution in [0.3, 0.4) is 0 Å². The Balaban J connectivity index is 1.96. The lowest BCUT2D eigenvalue weighted by atomic mass is 9.95. The van der Waals surface area contributed by atoms with E-state index in [-0.39, 0.29) is 0 Å². The number of carboxylic acid groups (broad SMARTS) is 1. The molecule has 5 nitrogen and oxygen atoms in total. The molecule has 0 spiro atoms. The van der Waals surface area contributed by atoms with Crippen LogP contribution >= 0.6 is 0 Å². The lowest BCUT2D eigenvalue weighted by Crippen LogP contribution is -2.36. The van der Waals surface area contributed by atoms with Gasteiger partial charge in [0.1, 0.15) is 11.4 Å². The number of aromatic nitrogens is 1. The van der Waals surface area contributed by atoms with E-state index < -0.39 is 5.97 Å². The second kappa shape index (κ2) is 6.61. The van der Waals surface area contributed by atoms with Crippen molar-refractivity contribution in [2.24, 2.45) is 0 Å². The third-order valence-corrected chi connectivity index (χ3v) is 4.56. The van der Waals surface area contributed by atoms with Gasteiger partial charge < -0.3 is 10.4 Å². The van der Waals surface area contributed by atoms with Crippen molar-refractivity contribution >= 4 is 17.5 Å². The third-order valence-electron chi connectivity index (χ3n) is 4.56. The molecular formula is C19H23N3O2. The van der Waals surface area contributed by atoms with E-state index in [1.54, 1.807) is 0 Å². The fraction of sp³-hybridized carbons (Fsp3) is 0.368.